The predicted molar refractivity (Wildman–Crippen MR) is 102 cm³/mol. The largest absolute Gasteiger partial charge is 0.491 e. The van der Waals surface area contributed by atoms with Crippen LogP contribution < -0.4 is 10.1 Å². The van der Waals surface area contributed by atoms with Crippen LogP contribution in [0.1, 0.15) is 28.2 Å². The number of fused-ring (bicyclic) bond motifs is 1. The molecule has 1 atom stereocenters. The summed E-state index contributed by atoms with van der Waals surface area (Å²) in [6.07, 6.45) is 2.30. The number of carbonyl (C=O) groups excluding carboxylic acids is 1. The van der Waals surface area contributed by atoms with Gasteiger partial charge < -0.3 is 14.8 Å². The van der Waals surface area contributed by atoms with E-state index in [9.17, 15) is 4.79 Å². The first kappa shape index (κ1) is 17.1. The van der Waals surface area contributed by atoms with E-state index in [1.807, 2.05) is 49.0 Å². The number of hydrogen-bond acceptors (Lipinski definition) is 5. The molecule has 6 nitrogen and oxygen atoms in total. The molecule has 0 spiro atoms. The van der Waals surface area contributed by atoms with Crippen LogP contribution in [0.2, 0.25) is 0 Å². The molecule has 2 aromatic heterocycles. The summed E-state index contributed by atoms with van der Waals surface area (Å²) in [7, 11) is 1.89. The first-order valence-corrected chi connectivity index (χ1v) is 9.51. The third kappa shape index (κ3) is 3.45. The predicted octanol–water partition coefficient (Wildman–Crippen LogP) is 3.75. The number of nitrogens with one attached hydrogen (secondary N) is 1. The van der Waals surface area contributed by atoms with E-state index in [2.05, 4.69) is 10.4 Å². The van der Waals surface area contributed by atoms with E-state index in [4.69, 9.17) is 9.47 Å². The van der Waals surface area contributed by atoms with Crippen LogP contribution in [0.3, 0.4) is 0 Å². The number of aromatic nitrogens is 2. The molecule has 136 valence electrons. The van der Waals surface area contributed by atoms with Gasteiger partial charge in [-0.25, -0.2) is 0 Å². The Hall–Kier alpha value is -2.38. The van der Waals surface area contributed by atoms with E-state index < -0.39 is 0 Å². The smallest absolute Gasteiger partial charge is 0.265 e. The van der Waals surface area contributed by atoms with Crippen molar-refractivity contribution >= 4 is 33.1 Å². The summed E-state index contributed by atoms with van der Waals surface area (Å²) in [5, 5.41) is 8.34. The van der Waals surface area contributed by atoms with Gasteiger partial charge in [0.15, 0.2) is 0 Å². The molecular weight excluding hydrogens is 350 g/mol. The van der Waals surface area contributed by atoms with Gasteiger partial charge in [-0.05, 0) is 38.0 Å². The summed E-state index contributed by atoms with van der Waals surface area (Å²) in [4.78, 5) is 14.3. The first-order chi connectivity index (χ1) is 12.6. The standard InChI is InChI=1S/C19H21N3O3S/c1-12-16-10-17(26-19(16)22(2)21-12)18(23)20-13-5-3-6-14(9-13)25-11-15-7-4-8-24-15/h3,5-6,9-10,15H,4,7-8,11H2,1-2H3,(H,20,23). The van der Waals surface area contributed by atoms with Crippen molar-refractivity contribution in [2.45, 2.75) is 25.9 Å². The van der Waals surface area contributed by atoms with Crippen LogP contribution in [-0.2, 0) is 11.8 Å². The minimum Gasteiger partial charge on any atom is -0.491 e. The van der Waals surface area contributed by atoms with Gasteiger partial charge >= 0.3 is 0 Å². The highest BCUT2D eigenvalue weighted by Gasteiger charge is 2.17. The number of amides is 1. The Morgan fingerprint density at radius 1 is 1.46 bits per heavy atom. The lowest BCUT2D eigenvalue weighted by Gasteiger charge is -2.12. The highest BCUT2D eigenvalue weighted by atomic mass is 32.1. The third-order valence-corrected chi connectivity index (χ3v) is 5.67. The number of thiophene rings is 1. The van der Waals surface area contributed by atoms with Crippen LogP contribution in [0.5, 0.6) is 5.75 Å². The second kappa shape index (κ2) is 7.09. The Balaban J connectivity index is 1.44. The number of nitrogens with zero attached hydrogens (tertiary/aromatic N) is 2. The van der Waals surface area contributed by atoms with Crippen molar-refractivity contribution in [1.29, 1.82) is 0 Å². The average molecular weight is 371 g/mol. The third-order valence-electron chi connectivity index (χ3n) is 4.47. The number of rotatable bonds is 5. The number of benzene rings is 1. The molecule has 3 aromatic rings. The lowest BCUT2D eigenvalue weighted by molar-refractivity contribution is 0.0680. The monoisotopic (exact) mass is 371 g/mol. The zero-order chi connectivity index (χ0) is 18.1. The molecule has 0 saturated carbocycles. The maximum Gasteiger partial charge on any atom is 0.265 e. The van der Waals surface area contributed by atoms with Crippen molar-refractivity contribution in [3.05, 3.63) is 40.9 Å². The van der Waals surface area contributed by atoms with Gasteiger partial charge in [-0.1, -0.05) is 6.07 Å². The second-order valence-electron chi connectivity index (χ2n) is 6.47. The number of ether oxygens (including phenoxy) is 2. The molecule has 0 radical (unpaired) electrons. The molecule has 26 heavy (non-hydrogen) atoms. The zero-order valence-corrected chi connectivity index (χ0v) is 15.6. The maximum absolute atomic E-state index is 12.6. The Kier molecular flexibility index (Phi) is 4.65. The molecule has 4 rings (SSSR count). The summed E-state index contributed by atoms with van der Waals surface area (Å²) in [6.45, 7) is 3.31. The van der Waals surface area contributed by atoms with Crippen LogP contribution in [0.15, 0.2) is 30.3 Å². The van der Waals surface area contributed by atoms with E-state index in [1.165, 1.54) is 11.3 Å². The molecule has 7 heteroatoms. The van der Waals surface area contributed by atoms with Crippen LogP contribution in [0.4, 0.5) is 5.69 Å². The zero-order valence-electron chi connectivity index (χ0n) is 14.8. The van der Waals surface area contributed by atoms with Gasteiger partial charge in [-0.15, -0.1) is 11.3 Å². The summed E-state index contributed by atoms with van der Waals surface area (Å²) < 4.78 is 13.2. The average Bonchev–Trinajstić information content (AvgIpc) is 3.34. The SMILES string of the molecule is Cc1nn(C)c2sc(C(=O)Nc3cccc(OCC4CCCO4)c3)cc12. The lowest BCUT2D eigenvalue weighted by atomic mass is 10.2. The number of hydrogen-bond donors (Lipinski definition) is 1. The molecular formula is C19H21N3O3S. The topological polar surface area (TPSA) is 65.4 Å². The second-order valence-corrected chi connectivity index (χ2v) is 7.50. The molecule has 1 aliphatic rings. The van der Waals surface area contributed by atoms with Crippen molar-refractivity contribution in [3.8, 4) is 5.75 Å². The van der Waals surface area contributed by atoms with Crippen molar-refractivity contribution < 1.29 is 14.3 Å². The van der Waals surface area contributed by atoms with Crippen molar-refractivity contribution in [1.82, 2.24) is 9.78 Å². The van der Waals surface area contributed by atoms with Crippen LogP contribution in [0.25, 0.3) is 10.2 Å². The fraction of sp³-hybridized carbons (Fsp3) is 0.368. The molecule has 0 bridgehead atoms. The minimum absolute atomic E-state index is 0.123. The number of anilines is 1. The van der Waals surface area contributed by atoms with E-state index in [0.717, 1.165) is 41.1 Å². The minimum atomic E-state index is -0.123. The van der Waals surface area contributed by atoms with Gasteiger partial charge in [0, 0.05) is 30.8 Å². The van der Waals surface area contributed by atoms with Crippen molar-refractivity contribution in [3.63, 3.8) is 0 Å². The Morgan fingerprint density at radius 2 is 2.35 bits per heavy atom. The number of carbonyl (C=O) groups is 1. The highest BCUT2D eigenvalue weighted by Crippen LogP contribution is 2.28. The van der Waals surface area contributed by atoms with Gasteiger partial charge in [0.2, 0.25) is 0 Å². The van der Waals surface area contributed by atoms with E-state index in [0.29, 0.717) is 17.2 Å². The molecule has 1 amide bonds. The van der Waals surface area contributed by atoms with Crippen LogP contribution in [0, 0.1) is 6.92 Å². The summed E-state index contributed by atoms with van der Waals surface area (Å²) >= 11 is 1.44. The normalized spacial score (nSPS) is 16.9. The summed E-state index contributed by atoms with van der Waals surface area (Å²) in [5.74, 6) is 0.608. The van der Waals surface area contributed by atoms with Gasteiger partial charge in [0.25, 0.3) is 5.91 Å². The summed E-state index contributed by atoms with van der Waals surface area (Å²) in [5.41, 5.74) is 1.65. The van der Waals surface area contributed by atoms with Gasteiger partial charge in [0.05, 0.1) is 16.7 Å². The molecule has 1 aliphatic heterocycles. The Labute approximate surface area is 155 Å². The molecule has 0 aliphatic carbocycles. The van der Waals surface area contributed by atoms with Gasteiger partial charge in [0.1, 0.15) is 17.2 Å². The fourth-order valence-corrected chi connectivity index (χ4v) is 4.16. The van der Waals surface area contributed by atoms with Gasteiger partial charge in [-0.2, -0.15) is 5.10 Å². The van der Waals surface area contributed by atoms with Gasteiger partial charge in [-0.3, -0.25) is 9.48 Å². The quantitative estimate of drug-likeness (QED) is 0.742. The molecule has 3 heterocycles. The first-order valence-electron chi connectivity index (χ1n) is 8.69. The van der Waals surface area contributed by atoms with Crippen molar-refractivity contribution in [2.75, 3.05) is 18.5 Å². The Bertz CT molecular complexity index is 906. The maximum atomic E-state index is 12.6. The lowest BCUT2D eigenvalue weighted by Crippen LogP contribution is -2.16. The van der Waals surface area contributed by atoms with E-state index in [-0.39, 0.29) is 12.0 Å². The Morgan fingerprint density at radius 3 is 3.12 bits per heavy atom. The molecule has 1 N–H and O–H groups in total. The molecule has 1 unspecified atom stereocenters. The van der Waals surface area contributed by atoms with Crippen LogP contribution >= 0.6 is 11.3 Å². The highest BCUT2D eigenvalue weighted by molar-refractivity contribution is 7.20. The molecule has 1 fully saturated rings. The van der Waals surface area contributed by atoms with Crippen LogP contribution in [-0.4, -0.2) is 35.0 Å². The van der Waals surface area contributed by atoms with E-state index in [1.54, 1.807) is 0 Å². The van der Waals surface area contributed by atoms with E-state index >= 15 is 0 Å². The number of aryl methyl sites for hydroxylation is 2. The molecule has 1 saturated heterocycles. The van der Waals surface area contributed by atoms with Crippen molar-refractivity contribution in [2.24, 2.45) is 7.05 Å². The fourth-order valence-electron chi connectivity index (χ4n) is 3.14. The summed E-state index contributed by atoms with van der Waals surface area (Å²) in [6, 6.07) is 9.36. The molecule has 1 aromatic carbocycles.